The second-order valence-electron chi connectivity index (χ2n) is 4.34. The van der Waals surface area contributed by atoms with Gasteiger partial charge in [-0.2, -0.15) is 0 Å². The monoisotopic (exact) mass is 263 g/mol. The summed E-state index contributed by atoms with van der Waals surface area (Å²) in [6.07, 6.45) is 0. The Labute approximate surface area is 111 Å². The summed E-state index contributed by atoms with van der Waals surface area (Å²) in [6.45, 7) is 4.14. The molecule has 0 atom stereocenters. The van der Waals surface area contributed by atoms with E-state index in [4.69, 9.17) is 16.3 Å². The highest BCUT2D eigenvalue weighted by Gasteiger charge is 2.13. The second kappa shape index (κ2) is 5.18. The molecular weight excluding hydrogens is 250 g/mol. The van der Waals surface area contributed by atoms with Crippen molar-refractivity contribution < 1.29 is 4.74 Å². The van der Waals surface area contributed by atoms with Gasteiger partial charge in [-0.05, 0) is 12.1 Å². The molecule has 5 heteroatoms. The van der Waals surface area contributed by atoms with Crippen LogP contribution in [-0.4, -0.2) is 41.2 Å². The van der Waals surface area contributed by atoms with Gasteiger partial charge in [0.15, 0.2) is 0 Å². The summed E-state index contributed by atoms with van der Waals surface area (Å²) < 4.78 is 5.32. The molecule has 0 aliphatic carbocycles. The smallest absolute Gasteiger partial charge is 0.144 e. The Hall–Kier alpha value is -1.23. The first-order chi connectivity index (χ1) is 8.83. The quantitative estimate of drug-likeness (QED) is 0.778. The van der Waals surface area contributed by atoms with Gasteiger partial charge < -0.3 is 4.74 Å². The third-order valence-corrected chi connectivity index (χ3v) is 3.36. The van der Waals surface area contributed by atoms with Crippen LogP contribution >= 0.6 is 11.6 Å². The summed E-state index contributed by atoms with van der Waals surface area (Å²) in [4.78, 5) is 11.2. The van der Waals surface area contributed by atoms with E-state index in [0.29, 0.717) is 5.15 Å². The molecule has 94 valence electrons. The average Bonchev–Trinajstić information content (AvgIpc) is 2.40. The van der Waals surface area contributed by atoms with Gasteiger partial charge in [0.05, 0.1) is 25.3 Å². The predicted molar refractivity (Wildman–Crippen MR) is 70.6 cm³/mol. The van der Waals surface area contributed by atoms with Crippen molar-refractivity contribution in [2.24, 2.45) is 0 Å². The van der Waals surface area contributed by atoms with Crippen LogP contribution in [0.4, 0.5) is 0 Å². The molecule has 0 radical (unpaired) electrons. The summed E-state index contributed by atoms with van der Waals surface area (Å²) in [5, 5.41) is 1.44. The molecular formula is C13H14ClN3O. The van der Waals surface area contributed by atoms with Crippen molar-refractivity contribution in [1.29, 1.82) is 0 Å². The third kappa shape index (κ3) is 2.46. The van der Waals surface area contributed by atoms with Crippen molar-refractivity contribution in [2.75, 3.05) is 26.3 Å². The van der Waals surface area contributed by atoms with Crippen LogP contribution in [0.2, 0.25) is 5.15 Å². The first-order valence-electron chi connectivity index (χ1n) is 6.04. The lowest BCUT2D eigenvalue weighted by molar-refractivity contribution is 0.0331. The van der Waals surface area contributed by atoms with Crippen LogP contribution in [0.5, 0.6) is 0 Å². The van der Waals surface area contributed by atoms with E-state index in [0.717, 1.165) is 49.6 Å². The zero-order valence-electron chi connectivity index (χ0n) is 9.97. The van der Waals surface area contributed by atoms with E-state index >= 15 is 0 Å². The Kier molecular flexibility index (Phi) is 3.41. The first kappa shape index (κ1) is 11.8. The molecule has 3 rings (SSSR count). The van der Waals surface area contributed by atoms with Gasteiger partial charge in [-0.25, -0.2) is 9.97 Å². The molecule has 0 saturated carbocycles. The maximum atomic E-state index is 6.19. The summed E-state index contributed by atoms with van der Waals surface area (Å²) in [5.74, 6) is 0.778. The molecule has 1 fully saturated rings. The predicted octanol–water partition coefficient (Wildman–Crippen LogP) is 2.12. The highest BCUT2D eigenvalue weighted by molar-refractivity contribution is 6.34. The number of ether oxygens (including phenoxy) is 1. The van der Waals surface area contributed by atoms with Gasteiger partial charge in [0.2, 0.25) is 0 Å². The number of hydrogen-bond donors (Lipinski definition) is 0. The van der Waals surface area contributed by atoms with Crippen molar-refractivity contribution in [1.82, 2.24) is 14.9 Å². The Morgan fingerprint density at radius 2 is 1.94 bits per heavy atom. The molecule has 4 nitrogen and oxygen atoms in total. The Balaban J connectivity index is 1.87. The van der Waals surface area contributed by atoms with Crippen molar-refractivity contribution in [3.05, 3.63) is 35.2 Å². The molecule has 1 aromatic heterocycles. The van der Waals surface area contributed by atoms with Gasteiger partial charge >= 0.3 is 0 Å². The zero-order chi connectivity index (χ0) is 12.4. The van der Waals surface area contributed by atoms with Crippen LogP contribution in [-0.2, 0) is 11.3 Å². The van der Waals surface area contributed by atoms with Crippen LogP contribution in [0.25, 0.3) is 10.9 Å². The maximum Gasteiger partial charge on any atom is 0.144 e. The van der Waals surface area contributed by atoms with Crippen LogP contribution in [0.1, 0.15) is 5.82 Å². The minimum atomic E-state index is 0.531. The van der Waals surface area contributed by atoms with E-state index in [-0.39, 0.29) is 0 Å². The Bertz CT molecular complexity index is 555. The number of morpholine rings is 1. The first-order valence-corrected chi connectivity index (χ1v) is 6.42. The number of fused-ring (bicyclic) bond motifs is 1. The van der Waals surface area contributed by atoms with E-state index in [1.54, 1.807) is 0 Å². The lowest BCUT2D eigenvalue weighted by atomic mass is 10.2. The number of hydrogen-bond acceptors (Lipinski definition) is 4. The Morgan fingerprint density at radius 1 is 1.17 bits per heavy atom. The van der Waals surface area contributed by atoms with Gasteiger partial charge in [-0.1, -0.05) is 23.7 Å². The van der Waals surface area contributed by atoms with Crippen molar-refractivity contribution in [3.63, 3.8) is 0 Å². The number of aromatic nitrogens is 2. The molecule has 1 saturated heterocycles. The molecule has 0 N–H and O–H groups in total. The molecule has 0 spiro atoms. The molecule has 18 heavy (non-hydrogen) atoms. The molecule has 0 unspecified atom stereocenters. The molecule has 1 aliphatic heterocycles. The van der Waals surface area contributed by atoms with Gasteiger partial charge in [-0.3, -0.25) is 4.90 Å². The van der Waals surface area contributed by atoms with Crippen molar-refractivity contribution >= 4 is 22.5 Å². The third-order valence-electron chi connectivity index (χ3n) is 3.07. The van der Waals surface area contributed by atoms with Crippen LogP contribution < -0.4 is 0 Å². The number of nitrogens with zero attached hydrogens (tertiary/aromatic N) is 3. The van der Waals surface area contributed by atoms with E-state index in [2.05, 4.69) is 14.9 Å². The molecule has 2 aromatic rings. The average molecular weight is 264 g/mol. The maximum absolute atomic E-state index is 6.19. The van der Waals surface area contributed by atoms with Crippen LogP contribution in [0.3, 0.4) is 0 Å². The van der Waals surface area contributed by atoms with Crippen LogP contribution in [0, 0.1) is 0 Å². The molecule has 1 aromatic carbocycles. The number of para-hydroxylation sites is 1. The van der Waals surface area contributed by atoms with Crippen molar-refractivity contribution in [3.8, 4) is 0 Å². The van der Waals surface area contributed by atoms with Gasteiger partial charge in [0.1, 0.15) is 11.0 Å². The van der Waals surface area contributed by atoms with Crippen LogP contribution in [0.15, 0.2) is 24.3 Å². The number of rotatable bonds is 2. The molecule has 2 heterocycles. The lowest BCUT2D eigenvalue weighted by Gasteiger charge is -2.25. The topological polar surface area (TPSA) is 38.2 Å². The van der Waals surface area contributed by atoms with Crippen molar-refractivity contribution in [2.45, 2.75) is 6.54 Å². The minimum absolute atomic E-state index is 0.531. The fourth-order valence-electron chi connectivity index (χ4n) is 2.11. The SMILES string of the molecule is Clc1nc(CN2CCOCC2)nc2ccccc12. The van der Waals surface area contributed by atoms with E-state index in [9.17, 15) is 0 Å². The normalized spacial score (nSPS) is 17.2. The lowest BCUT2D eigenvalue weighted by Crippen LogP contribution is -2.36. The standard InChI is InChI=1S/C13H14ClN3O/c14-13-10-3-1-2-4-11(10)15-12(16-13)9-17-5-7-18-8-6-17/h1-4H,5-9H2. The highest BCUT2D eigenvalue weighted by atomic mass is 35.5. The Morgan fingerprint density at radius 3 is 2.78 bits per heavy atom. The molecule has 1 aliphatic rings. The fourth-order valence-corrected chi connectivity index (χ4v) is 2.37. The van der Waals surface area contributed by atoms with E-state index in [1.165, 1.54) is 0 Å². The largest absolute Gasteiger partial charge is 0.379 e. The summed E-state index contributed by atoms with van der Waals surface area (Å²) in [7, 11) is 0. The zero-order valence-corrected chi connectivity index (χ0v) is 10.7. The highest BCUT2D eigenvalue weighted by Crippen LogP contribution is 2.20. The van der Waals surface area contributed by atoms with Gasteiger partial charge in [0, 0.05) is 18.5 Å². The molecule has 0 bridgehead atoms. The molecule has 0 amide bonds. The minimum Gasteiger partial charge on any atom is -0.379 e. The van der Waals surface area contributed by atoms with E-state index < -0.39 is 0 Å². The number of benzene rings is 1. The summed E-state index contributed by atoms with van der Waals surface area (Å²) >= 11 is 6.19. The fraction of sp³-hybridized carbons (Fsp3) is 0.385. The van der Waals surface area contributed by atoms with Gasteiger partial charge in [0.25, 0.3) is 0 Å². The van der Waals surface area contributed by atoms with E-state index in [1.807, 2.05) is 24.3 Å². The summed E-state index contributed by atoms with van der Waals surface area (Å²) in [5.41, 5.74) is 0.903. The number of halogens is 1. The van der Waals surface area contributed by atoms with Gasteiger partial charge in [-0.15, -0.1) is 0 Å². The summed E-state index contributed by atoms with van der Waals surface area (Å²) in [6, 6.07) is 7.81. The second-order valence-corrected chi connectivity index (χ2v) is 4.69.